The summed E-state index contributed by atoms with van der Waals surface area (Å²) in [6.07, 6.45) is 0. The standard InChI is InChI=1S/C7H5BCl2F3S/c9-6-2-1-5(3-7(6)10)14-4-8(11,12)13/h1-3H,4H2/q-1. The van der Waals surface area contributed by atoms with Crippen molar-refractivity contribution in [3.8, 4) is 0 Å². The van der Waals surface area contributed by atoms with E-state index in [1.54, 1.807) is 0 Å². The molecule has 0 amide bonds. The van der Waals surface area contributed by atoms with Gasteiger partial charge < -0.3 is 12.9 Å². The predicted octanol–water partition coefficient (Wildman–Crippen LogP) is 4.47. The fourth-order valence-electron chi connectivity index (χ4n) is 0.757. The fourth-order valence-corrected chi connectivity index (χ4v) is 1.87. The molecule has 1 aromatic carbocycles. The highest BCUT2D eigenvalue weighted by atomic mass is 35.5. The van der Waals surface area contributed by atoms with Gasteiger partial charge in [-0.3, -0.25) is 0 Å². The summed E-state index contributed by atoms with van der Waals surface area (Å²) in [4.78, 5) is 0.471. The molecule has 14 heavy (non-hydrogen) atoms. The van der Waals surface area contributed by atoms with Crippen molar-refractivity contribution < 1.29 is 12.9 Å². The highest BCUT2D eigenvalue weighted by Crippen LogP contribution is 2.29. The lowest BCUT2D eigenvalue weighted by atomic mass is 9.98. The Morgan fingerprint density at radius 2 is 1.79 bits per heavy atom. The Hall–Kier alpha value is 0.00494. The third kappa shape index (κ3) is 4.03. The Balaban J connectivity index is 2.65. The summed E-state index contributed by atoms with van der Waals surface area (Å²) in [5, 5.41) is 0.611. The molecule has 0 fully saturated rings. The van der Waals surface area contributed by atoms with Gasteiger partial charge in [-0.1, -0.05) is 23.2 Å². The molecular formula is C7H5BCl2F3S-. The first kappa shape index (κ1) is 12.1. The van der Waals surface area contributed by atoms with Crippen LogP contribution in [0.2, 0.25) is 10.0 Å². The van der Waals surface area contributed by atoms with Crippen molar-refractivity contribution >= 4 is 41.9 Å². The minimum Gasteiger partial charge on any atom is -0.448 e. The number of thioether (sulfide) groups is 1. The van der Waals surface area contributed by atoms with Crippen LogP contribution >= 0.6 is 35.0 Å². The smallest absolute Gasteiger partial charge is 0.448 e. The van der Waals surface area contributed by atoms with E-state index in [0.717, 1.165) is 0 Å². The Bertz CT molecular complexity index is 329. The van der Waals surface area contributed by atoms with Crippen molar-refractivity contribution in [2.75, 3.05) is 5.65 Å². The maximum atomic E-state index is 11.9. The lowest BCUT2D eigenvalue weighted by Crippen LogP contribution is -2.18. The molecule has 7 heteroatoms. The summed E-state index contributed by atoms with van der Waals surface area (Å²) in [5.74, 6) is 0. The molecular weight excluding hydrogens is 255 g/mol. The summed E-state index contributed by atoms with van der Waals surface area (Å²) < 4.78 is 35.7. The molecule has 0 unspecified atom stereocenters. The molecule has 1 rings (SSSR count). The number of hydrogen-bond donors (Lipinski definition) is 0. The van der Waals surface area contributed by atoms with Gasteiger partial charge in [-0.15, -0.1) is 0 Å². The molecule has 0 saturated heterocycles. The molecule has 0 aliphatic heterocycles. The lowest BCUT2D eigenvalue weighted by molar-refractivity contribution is 0.485. The number of benzene rings is 1. The molecule has 0 heterocycles. The van der Waals surface area contributed by atoms with Crippen molar-refractivity contribution in [1.29, 1.82) is 0 Å². The molecule has 0 nitrogen and oxygen atoms in total. The fraction of sp³-hybridized carbons (Fsp3) is 0.143. The van der Waals surface area contributed by atoms with Crippen molar-refractivity contribution in [3.05, 3.63) is 28.2 Å². The van der Waals surface area contributed by atoms with Gasteiger partial charge in [0.1, 0.15) is 0 Å². The average molecular weight is 260 g/mol. The maximum Gasteiger partial charge on any atom is 0.488 e. The van der Waals surface area contributed by atoms with Gasteiger partial charge in [-0.25, -0.2) is 0 Å². The third-order valence-corrected chi connectivity index (χ3v) is 3.20. The van der Waals surface area contributed by atoms with Crippen LogP contribution in [0.25, 0.3) is 0 Å². The minimum atomic E-state index is -4.76. The summed E-state index contributed by atoms with van der Waals surface area (Å²) in [7, 11) is 0. The Labute approximate surface area is 93.8 Å². The third-order valence-electron chi connectivity index (χ3n) is 1.33. The van der Waals surface area contributed by atoms with Crippen molar-refractivity contribution in [2.24, 2.45) is 0 Å². The number of rotatable bonds is 3. The number of hydrogen-bond acceptors (Lipinski definition) is 1. The molecule has 0 saturated carbocycles. The maximum absolute atomic E-state index is 11.9. The van der Waals surface area contributed by atoms with E-state index in [-0.39, 0.29) is 5.02 Å². The SMILES string of the molecule is F[B-](F)(F)CSc1ccc(Cl)c(Cl)c1. The van der Waals surface area contributed by atoms with Crippen LogP contribution in [0.15, 0.2) is 23.1 Å². The van der Waals surface area contributed by atoms with E-state index in [1.165, 1.54) is 18.2 Å². The second kappa shape index (κ2) is 4.68. The molecule has 0 bridgehead atoms. The van der Waals surface area contributed by atoms with Crippen molar-refractivity contribution in [1.82, 2.24) is 0 Å². The second-order valence-electron chi connectivity index (χ2n) is 2.60. The molecule has 78 valence electrons. The van der Waals surface area contributed by atoms with Gasteiger partial charge in [-0.2, -0.15) is 11.8 Å². The molecule has 0 atom stereocenters. The molecule has 0 aromatic heterocycles. The van der Waals surface area contributed by atoms with Crippen LogP contribution in [-0.2, 0) is 0 Å². The largest absolute Gasteiger partial charge is 0.488 e. The molecule has 0 spiro atoms. The van der Waals surface area contributed by atoms with Gasteiger partial charge in [0.2, 0.25) is 0 Å². The van der Waals surface area contributed by atoms with Gasteiger partial charge in [0.25, 0.3) is 0 Å². The Kier molecular flexibility index (Phi) is 4.04. The molecule has 0 aliphatic carbocycles. The highest BCUT2D eigenvalue weighted by Gasteiger charge is 2.22. The van der Waals surface area contributed by atoms with Gasteiger partial charge in [-0.05, 0) is 23.9 Å². The molecule has 0 radical (unpaired) electrons. The van der Waals surface area contributed by atoms with Crippen LogP contribution in [0.5, 0.6) is 0 Å². The molecule has 0 aliphatic rings. The number of halogens is 5. The Morgan fingerprint density at radius 1 is 1.14 bits per heavy atom. The van der Waals surface area contributed by atoms with E-state index in [2.05, 4.69) is 0 Å². The first-order valence-corrected chi connectivity index (χ1v) is 5.41. The van der Waals surface area contributed by atoms with Crippen LogP contribution in [0.4, 0.5) is 12.9 Å². The molecule has 1 aromatic rings. The van der Waals surface area contributed by atoms with Gasteiger partial charge >= 0.3 is 6.98 Å². The van der Waals surface area contributed by atoms with Crippen LogP contribution in [-0.4, -0.2) is 12.6 Å². The van der Waals surface area contributed by atoms with E-state index in [4.69, 9.17) is 23.2 Å². The predicted molar refractivity (Wildman–Crippen MR) is 56.3 cm³/mol. The van der Waals surface area contributed by atoms with E-state index >= 15 is 0 Å². The van der Waals surface area contributed by atoms with Crippen LogP contribution in [0.3, 0.4) is 0 Å². The summed E-state index contributed by atoms with van der Waals surface area (Å²) in [6.45, 7) is -4.76. The summed E-state index contributed by atoms with van der Waals surface area (Å²) >= 11 is 12.0. The normalized spacial score (nSPS) is 11.8. The minimum absolute atomic E-state index is 0.270. The summed E-state index contributed by atoms with van der Waals surface area (Å²) in [6, 6.07) is 4.42. The van der Waals surface area contributed by atoms with E-state index in [9.17, 15) is 12.9 Å². The average Bonchev–Trinajstić information content (AvgIpc) is 2.06. The zero-order chi connectivity index (χ0) is 10.8. The quantitative estimate of drug-likeness (QED) is 0.570. The van der Waals surface area contributed by atoms with E-state index in [1.807, 2.05) is 0 Å². The monoisotopic (exact) mass is 259 g/mol. The van der Waals surface area contributed by atoms with E-state index in [0.29, 0.717) is 21.7 Å². The zero-order valence-corrected chi connectivity index (χ0v) is 9.14. The Morgan fingerprint density at radius 3 is 2.29 bits per heavy atom. The van der Waals surface area contributed by atoms with Crippen LogP contribution in [0, 0.1) is 0 Å². The first-order valence-electron chi connectivity index (χ1n) is 3.67. The van der Waals surface area contributed by atoms with Gasteiger partial charge in [0.15, 0.2) is 0 Å². The van der Waals surface area contributed by atoms with Crippen LogP contribution < -0.4 is 0 Å². The van der Waals surface area contributed by atoms with Crippen molar-refractivity contribution in [3.63, 3.8) is 0 Å². The van der Waals surface area contributed by atoms with Crippen molar-refractivity contribution in [2.45, 2.75) is 4.90 Å². The van der Waals surface area contributed by atoms with Crippen LogP contribution in [0.1, 0.15) is 0 Å². The zero-order valence-electron chi connectivity index (χ0n) is 6.81. The second-order valence-corrected chi connectivity index (χ2v) is 4.51. The first-order chi connectivity index (χ1) is 6.38. The van der Waals surface area contributed by atoms with Gasteiger partial charge in [0.05, 0.1) is 10.0 Å². The summed E-state index contributed by atoms with van der Waals surface area (Å²) in [5.41, 5.74) is -0.863. The van der Waals surface area contributed by atoms with Gasteiger partial charge in [0, 0.05) is 4.90 Å². The molecule has 0 N–H and O–H groups in total. The van der Waals surface area contributed by atoms with E-state index < -0.39 is 12.6 Å². The lowest BCUT2D eigenvalue weighted by Gasteiger charge is -2.12. The topological polar surface area (TPSA) is 0 Å². The highest BCUT2D eigenvalue weighted by molar-refractivity contribution is 8.00.